The van der Waals surface area contributed by atoms with E-state index in [-0.39, 0.29) is 30.9 Å². The highest BCUT2D eigenvalue weighted by atomic mass is 16.5. The van der Waals surface area contributed by atoms with E-state index < -0.39 is 23.5 Å². The number of aliphatic carboxylic acids is 1. The van der Waals surface area contributed by atoms with Crippen molar-refractivity contribution >= 4 is 18.0 Å². The van der Waals surface area contributed by atoms with E-state index in [1.54, 1.807) is 4.90 Å². The molecule has 7 nitrogen and oxygen atoms in total. The average molecular weight is 479 g/mol. The molecule has 35 heavy (non-hydrogen) atoms. The Morgan fingerprint density at radius 2 is 1.69 bits per heavy atom. The van der Waals surface area contributed by atoms with Crippen LogP contribution in [0.2, 0.25) is 0 Å². The highest BCUT2D eigenvalue weighted by molar-refractivity contribution is 5.87. The molecule has 7 heteroatoms. The number of amides is 2. The lowest BCUT2D eigenvalue weighted by Gasteiger charge is -2.29. The third-order valence-electron chi connectivity index (χ3n) is 7.89. The first-order valence-corrected chi connectivity index (χ1v) is 12.4. The van der Waals surface area contributed by atoms with Gasteiger partial charge in [0.05, 0.1) is 5.41 Å². The van der Waals surface area contributed by atoms with Crippen LogP contribution in [-0.2, 0) is 14.3 Å². The van der Waals surface area contributed by atoms with Crippen molar-refractivity contribution in [2.75, 3.05) is 19.7 Å². The van der Waals surface area contributed by atoms with Gasteiger partial charge < -0.3 is 20.1 Å². The molecular formula is C28H34N2O5. The van der Waals surface area contributed by atoms with E-state index in [4.69, 9.17) is 4.74 Å². The molecule has 3 unspecified atom stereocenters. The molecule has 1 saturated heterocycles. The summed E-state index contributed by atoms with van der Waals surface area (Å²) in [5.41, 5.74) is 3.63. The molecule has 186 valence electrons. The summed E-state index contributed by atoms with van der Waals surface area (Å²) in [6.07, 6.45) is 0.929. The van der Waals surface area contributed by atoms with Gasteiger partial charge in [0.2, 0.25) is 5.91 Å². The van der Waals surface area contributed by atoms with Gasteiger partial charge in [-0.2, -0.15) is 0 Å². The third-order valence-corrected chi connectivity index (χ3v) is 7.89. The fraction of sp³-hybridized carbons (Fsp3) is 0.464. The number of benzene rings is 2. The summed E-state index contributed by atoms with van der Waals surface area (Å²) in [6, 6.07) is 15.5. The number of nitrogens with one attached hydrogen (secondary N) is 1. The Labute approximate surface area is 206 Å². The molecule has 2 amide bonds. The second-order valence-corrected chi connectivity index (χ2v) is 9.78. The van der Waals surface area contributed by atoms with Gasteiger partial charge in [-0.3, -0.25) is 9.59 Å². The van der Waals surface area contributed by atoms with Crippen LogP contribution in [0.3, 0.4) is 0 Å². The molecule has 0 bridgehead atoms. The number of carboxylic acids is 1. The highest BCUT2D eigenvalue weighted by Crippen LogP contribution is 2.44. The minimum atomic E-state index is -0.917. The summed E-state index contributed by atoms with van der Waals surface area (Å²) in [5.74, 6) is -1.31. The van der Waals surface area contributed by atoms with Crippen molar-refractivity contribution < 1.29 is 24.2 Å². The van der Waals surface area contributed by atoms with Gasteiger partial charge in [-0.05, 0) is 41.0 Å². The zero-order chi connectivity index (χ0) is 25.2. The second kappa shape index (κ2) is 10.1. The van der Waals surface area contributed by atoms with Crippen LogP contribution < -0.4 is 5.32 Å². The summed E-state index contributed by atoms with van der Waals surface area (Å²) < 4.78 is 5.66. The van der Waals surface area contributed by atoms with Crippen molar-refractivity contribution in [3.8, 4) is 11.1 Å². The maximum atomic E-state index is 13.4. The van der Waals surface area contributed by atoms with E-state index in [1.165, 1.54) is 0 Å². The lowest BCUT2D eigenvalue weighted by Crippen LogP contribution is -2.52. The van der Waals surface area contributed by atoms with Crippen LogP contribution in [0.1, 0.15) is 57.1 Å². The van der Waals surface area contributed by atoms with Crippen LogP contribution in [-0.4, -0.2) is 53.7 Å². The zero-order valence-electron chi connectivity index (χ0n) is 20.6. The fourth-order valence-corrected chi connectivity index (χ4v) is 5.32. The van der Waals surface area contributed by atoms with E-state index >= 15 is 0 Å². The summed E-state index contributed by atoms with van der Waals surface area (Å²) >= 11 is 0. The first-order valence-electron chi connectivity index (χ1n) is 12.4. The van der Waals surface area contributed by atoms with E-state index in [0.29, 0.717) is 25.8 Å². The molecule has 2 aromatic carbocycles. The maximum absolute atomic E-state index is 13.4. The molecule has 0 saturated carbocycles. The lowest BCUT2D eigenvalue weighted by atomic mass is 9.84. The van der Waals surface area contributed by atoms with Crippen LogP contribution in [0, 0.1) is 11.3 Å². The van der Waals surface area contributed by atoms with Crippen molar-refractivity contribution in [3.05, 3.63) is 59.7 Å². The number of hydrogen-bond donors (Lipinski definition) is 2. The predicted molar refractivity (Wildman–Crippen MR) is 133 cm³/mol. The molecule has 1 aliphatic heterocycles. The Hall–Kier alpha value is -3.35. The van der Waals surface area contributed by atoms with Crippen LogP contribution in [0.4, 0.5) is 4.79 Å². The van der Waals surface area contributed by atoms with Gasteiger partial charge in [-0.25, -0.2) is 4.79 Å². The zero-order valence-corrected chi connectivity index (χ0v) is 20.6. The molecule has 2 aliphatic rings. The molecule has 0 radical (unpaired) electrons. The molecular weight excluding hydrogens is 444 g/mol. The number of likely N-dealkylation sites (tertiary alicyclic amines) is 1. The van der Waals surface area contributed by atoms with Crippen molar-refractivity contribution in [3.63, 3.8) is 0 Å². The van der Waals surface area contributed by atoms with E-state index in [2.05, 4.69) is 29.6 Å². The molecule has 3 atom stereocenters. The summed E-state index contributed by atoms with van der Waals surface area (Å²) in [7, 11) is 0. The standard InChI is InChI=1S/C28H34N2O5/c1-4-18(3)24(25(31)30-15-14-28(5-2,17-30)26(32)33)29-27(34)35-16-23-21-12-8-6-10-19(21)20-11-7-9-13-22(20)23/h6-13,18,23-24H,4-5,14-17H2,1-3H3,(H,29,34)(H,32,33). The average Bonchev–Trinajstić information content (AvgIpc) is 3.46. The Morgan fingerprint density at radius 3 is 2.20 bits per heavy atom. The number of hydrogen-bond acceptors (Lipinski definition) is 4. The smallest absolute Gasteiger partial charge is 0.407 e. The molecule has 2 aromatic rings. The fourth-order valence-electron chi connectivity index (χ4n) is 5.32. The van der Waals surface area contributed by atoms with Gasteiger partial charge in [0, 0.05) is 19.0 Å². The van der Waals surface area contributed by atoms with Crippen molar-refractivity contribution in [2.24, 2.45) is 11.3 Å². The Bertz CT molecular complexity index is 1070. The van der Waals surface area contributed by atoms with Gasteiger partial charge in [0.15, 0.2) is 0 Å². The lowest BCUT2D eigenvalue weighted by molar-refractivity contribution is -0.148. The molecule has 2 N–H and O–H groups in total. The molecule has 1 aliphatic carbocycles. The van der Waals surface area contributed by atoms with Gasteiger partial charge in [-0.15, -0.1) is 0 Å². The third kappa shape index (κ3) is 4.64. The number of fused-ring (bicyclic) bond motifs is 3. The second-order valence-electron chi connectivity index (χ2n) is 9.78. The predicted octanol–water partition coefficient (Wildman–Crippen LogP) is 4.65. The molecule has 0 spiro atoms. The van der Waals surface area contributed by atoms with Crippen LogP contribution in [0.5, 0.6) is 0 Å². The van der Waals surface area contributed by atoms with E-state index in [9.17, 15) is 19.5 Å². The Morgan fingerprint density at radius 1 is 1.09 bits per heavy atom. The number of alkyl carbamates (subject to hydrolysis) is 1. The Kier molecular flexibility index (Phi) is 7.15. The number of carbonyl (C=O) groups is 3. The van der Waals surface area contributed by atoms with Gasteiger partial charge in [0.1, 0.15) is 12.6 Å². The number of rotatable bonds is 8. The molecule has 0 aromatic heterocycles. The van der Waals surface area contributed by atoms with Crippen LogP contribution in [0.25, 0.3) is 11.1 Å². The van der Waals surface area contributed by atoms with Crippen molar-refractivity contribution in [2.45, 2.75) is 52.0 Å². The summed E-state index contributed by atoms with van der Waals surface area (Å²) in [4.78, 5) is 39.6. The number of ether oxygens (including phenoxy) is 1. The number of nitrogens with zero attached hydrogens (tertiary/aromatic N) is 1. The van der Waals surface area contributed by atoms with E-state index in [1.807, 2.05) is 45.0 Å². The van der Waals surface area contributed by atoms with Gasteiger partial charge >= 0.3 is 12.1 Å². The number of carbonyl (C=O) groups excluding carboxylic acids is 2. The van der Waals surface area contributed by atoms with E-state index in [0.717, 1.165) is 22.3 Å². The SMILES string of the molecule is CCC(C)C(NC(=O)OCC1c2ccccc2-c2ccccc21)C(=O)N1CCC(CC)(C(=O)O)C1. The minimum Gasteiger partial charge on any atom is -0.481 e. The first kappa shape index (κ1) is 24.8. The largest absolute Gasteiger partial charge is 0.481 e. The minimum absolute atomic E-state index is 0.0646. The molecule has 1 fully saturated rings. The molecule has 1 heterocycles. The summed E-state index contributed by atoms with van der Waals surface area (Å²) in [6.45, 7) is 6.41. The van der Waals surface area contributed by atoms with Gasteiger partial charge in [0.25, 0.3) is 0 Å². The Balaban J connectivity index is 1.44. The monoisotopic (exact) mass is 478 g/mol. The van der Waals surface area contributed by atoms with Crippen molar-refractivity contribution in [1.82, 2.24) is 10.2 Å². The van der Waals surface area contributed by atoms with Crippen molar-refractivity contribution in [1.29, 1.82) is 0 Å². The van der Waals surface area contributed by atoms with Crippen LogP contribution in [0.15, 0.2) is 48.5 Å². The highest BCUT2D eigenvalue weighted by Gasteiger charge is 2.46. The quantitative estimate of drug-likeness (QED) is 0.576. The van der Waals surface area contributed by atoms with Crippen LogP contribution >= 0.6 is 0 Å². The molecule has 4 rings (SSSR count). The summed E-state index contributed by atoms with van der Waals surface area (Å²) in [5, 5.41) is 12.5. The maximum Gasteiger partial charge on any atom is 0.407 e. The van der Waals surface area contributed by atoms with Gasteiger partial charge in [-0.1, -0.05) is 75.7 Å². The first-order chi connectivity index (χ1) is 16.8. The normalized spacial score (nSPS) is 20.6. The topological polar surface area (TPSA) is 95.9 Å². The number of carboxylic acid groups (broad SMARTS) is 1.